The van der Waals surface area contributed by atoms with E-state index in [9.17, 15) is 4.79 Å². The Labute approximate surface area is 133 Å². The summed E-state index contributed by atoms with van der Waals surface area (Å²) in [5, 5.41) is 3.07. The Morgan fingerprint density at radius 1 is 1.36 bits per heavy atom. The minimum atomic E-state index is -0.00937. The summed E-state index contributed by atoms with van der Waals surface area (Å²) in [5.74, 6) is 0.823. The van der Waals surface area contributed by atoms with Gasteiger partial charge < -0.3 is 10.1 Å². The summed E-state index contributed by atoms with van der Waals surface area (Å²) in [7, 11) is 1.65. The van der Waals surface area contributed by atoms with Crippen LogP contribution in [-0.4, -0.2) is 43.6 Å². The van der Waals surface area contributed by atoms with Crippen LogP contribution in [-0.2, 0) is 11.3 Å². The van der Waals surface area contributed by atoms with E-state index < -0.39 is 0 Å². The van der Waals surface area contributed by atoms with Gasteiger partial charge in [-0.1, -0.05) is 25.1 Å². The minimum Gasteiger partial charge on any atom is -0.380 e. The van der Waals surface area contributed by atoms with E-state index in [4.69, 9.17) is 4.74 Å². The number of rotatable bonds is 6. The predicted octanol–water partition coefficient (Wildman–Crippen LogP) is 2.68. The fraction of sp³-hybridized carbons (Fsp3) is 0.611. The molecule has 0 radical (unpaired) electrons. The Bertz CT molecular complexity index is 482. The van der Waals surface area contributed by atoms with Crippen LogP contribution in [0.2, 0.25) is 0 Å². The van der Waals surface area contributed by atoms with Gasteiger partial charge in [-0.25, -0.2) is 0 Å². The largest absolute Gasteiger partial charge is 0.380 e. The van der Waals surface area contributed by atoms with Crippen molar-refractivity contribution in [3.05, 3.63) is 35.4 Å². The van der Waals surface area contributed by atoms with E-state index in [-0.39, 0.29) is 5.91 Å². The quantitative estimate of drug-likeness (QED) is 0.878. The number of hydrogen-bond donors (Lipinski definition) is 1. The monoisotopic (exact) mass is 304 g/mol. The second-order valence-electron chi connectivity index (χ2n) is 6.37. The molecule has 0 aliphatic carbocycles. The van der Waals surface area contributed by atoms with Crippen molar-refractivity contribution in [2.24, 2.45) is 5.92 Å². The molecule has 1 aliphatic heterocycles. The minimum absolute atomic E-state index is 0.00937. The Kier molecular flexibility index (Phi) is 6.40. The molecule has 4 heteroatoms. The highest BCUT2D eigenvalue weighted by atomic mass is 16.5. The number of likely N-dealkylation sites (tertiary alicyclic amines) is 1. The first kappa shape index (κ1) is 17.0. The summed E-state index contributed by atoms with van der Waals surface area (Å²) in [5.41, 5.74) is 1.64. The lowest BCUT2D eigenvalue weighted by atomic mass is 9.98. The number of hydrogen-bond acceptors (Lipinski definition) is 3. The summed E-state index contributed by atoms with van der Waals surface area (Å²) in [4.78, 5) is 14.9. The van der Waals surface area contributed by atoms with E-state index in [0.717, 1.165) is 24.6 Å². The average molecular weight is 304 g/mol. The third-order valence-corrected chi connectivity index (χ3v) is 4.56. The molecule has 1 heterocycles. The fourth-order valence-electron chi connectivity index (χ4n) is 2.96. The highest BCUT2D eigenvalue weighted by Crippen LogP contribution is 2.17. The maximum Gasteiger partial charge on any atom is 0.251 e. The first-order chi connectivity index (χ1) is 10.6. The van der Waals surface area contributed by atoms with E-state index in [0.29, 0.717) is 24.8 Å². The molecule has 0 spiro atoms. The molecule has 0 unspecified atom stereocenters. The molecule has 1 amide bonds. The van der Waals surface area contributed by atoms with Gasteiger partial charge in [0.25, 0.3) is 5.91 Å². The highest BCUT2D eigenvalue weighted by molar-refractivity contribution is 5.95. The Balaban J connectivity index is 1.87. The number of nitrogens with zero attached hydrogens (tertiary/aromatic N) is 1. The molecule has 1 aromatic rings. The molecule has 1 aliphatic rings. The summed E-state index contributed by atoms with van der Waals surface area (Å²) >= 11 is 0. The van der Waals surface area contributed by atoms with Crippen LogP contribution in [0.15, 0.2) is 24.3 Å². The zero-order chi connectivity index (χ0) is 15.9. The van der Waals surface area contributed by atoms with Gasteiger partial charge in [0.15, 0.2) is 0 Å². The number of benzene rings is 1. The van der Waals surface area contributed by atoms with Crippen LogP contribution < -0.4 is 5.32 Å². The molecule has 1 saturated heterocycles. The molecule has 1 aromatic carbocycles. The van der Waals surface area contributed by atoms with E-state index in [1.54, 1.807) is 7.11 Å². The second kappa shape index (κ2) is 8.30. The second-order valence-corrected chi connectivity index (χ2v) is 6.37. The van der Waals surface area contributed by atoms with Crippen molar-refractivity contribution < 1.29 is 9.53 Å². The van der Waals surface area contributed by atoms with Crippen molar-refractivity contribution in [1.29, 1.82) is 0 Å². The van der Waals surface area contributed by atoms with Gasteiger partial charge >= 0.3 is 0 Å². The summed E-state index contributed by atoms with van der Waals surface area (Å²) in [6.07, 6.45) is 2.52. The molecule has 0 aromatic heterocycles. The molecule has 0 saturated carbocycles. The van der Waals surface area contributed by atoms with Gasteiger partial charge in [-0.15, -0.1) is 0 Å². The lowest BCUT2D eigenvalue weighted by Gasteiger charge is -2.35. The highest BCUT2D eigenvalue weighted by Gasteiger charge is 2.21. The molecule has 122 valence electrons. The molecule has 1 fully saturated rings. The van der Waals surface area contributed by atoms with Crippen LogP contribution in [0.4, 0.5) is 0 Å². The summed E-state index contributed by atoms with van der Waals surface area (Å²) in [6.45, 7) is 7.93. The van der Waals surface area contributed by atoms with E-state index in [2.05, 4.69) is 24.1 Å². The molecule has 4 nitrogen and oxygen atoms in total. The number of nitrogens with one attached hydrogen (secondary N) is 1. The zero-order valence-electron chi connectivity index (χ0n) is 14.0. The van der Waals surface area contributed by atoms with Crippen LogP contribution >= 0.6 is 0 Å². The third-order valence-electron chi connectivity index (χ3n) is 4.56. The average Bonchev–Trinajstić information content (AvgIpc) is 2.54. The fourth-order valence-corrected chi connectivity index (χ4v) is 2.96. The SMILES string of the molecule is COCc1ccccc1C(=O)NC[C@@H](C)N1CCC(C)CC1. The van der Waals surface area contributed by atoms with Crippen molar-refractivity contribution >= 4 is 5.91 Å². The Morgan fingerprint density at radius 2 is 2.05 bits per heavy atom. The Hall–Kier alpha value is -1.39. The van der Waals surface area contributed by atoms with Gasteiger partial charge in [0.2, 0.25) is 0 Å². The topological polar surface area (TPSA) is 41.6 Å². The number of ether oxygens (including phenoxy) is 1. The first-order valence-electron chi connectivity index (χ1n) is 8.21. The van der Waals surface area contributed by atoms with Crippen LogP contribution in [0, 0.1) is 5.92 Å². The van der Waals surface area contributed by atoms with Gasteiger partial charge in [-0.2, -0.15) is 0 Å². The normalized spacial score (nSPS) is 18.1. The van der Waals surface area contributed by atoms with Gasteiger partial charge in [-0.05, 0) is 50.4 Å². The lowest BCUT2D eigenvalue weighted by molar-refractivity contribution is 0.0917. The summed E-state index contributed by atoms with van der Waals surface area (Å²) in [6, 6.07) is 8.00. The third kappa shape index (κ3) is 4.55. The van der Waals surface area contributed by atoms with Crippen molar-refractivity contribution in [2.45, 2.75) is 39.3 Å². The first-order valence-corrected chi connectivity index (χ1v) is 8.21. The van der Waals surface area contributed by atoms with Gasteiger partial charge in [0, 0.05) is 25.3 Å². The summed E-state index contributed by atoms with van der Waals surface area (Å²) < 4.78 is 5.16. The van der Waals surface area contributed by atoms with Crippen molar-refractivity contribution in [1.82, 2.24) is 10.2 Å². The molecule has 0 bridgehead atoms. The smallest absolute Gasteiger partial charge is 0.251 e. The molecular formula is C18H28N2O2. The standard InChI is InChI=1S/C18H28N2O2/c1-14-8-10-20(11-9-14)15(2)12-19-18(21)17-7-5-4-6-16(17)13-22-3/h4-7,14-15H,8-13H2,1-3H3,(H,19,21)/t15-/m1/s1. The van der Waals surface area contributed by atoms with E-state index >= 15 is 0 Å². The number of carbonyl (C=O) groups excluding carboxylic acids is 1. The Morgan fingerprint density at radius 3 is 2.73 bits per heavy atom. The van der Waals surface area contributed by atoms with Gasteiger partial charge in [-0.3, -0.25) is 9.69 Å². The molecular weight excluding hydrogens is 276 g/mol. The van der Waals surface area contributed by atoms with Crippen LogP contribution in [0.25, 0.3) is 0 Å². The number of carbonyl (C=O) groups is 1. The lowest BCUT2D eigenvalue weighted by Crippen LogP contribution is -2.45. The van der Waals surface area contributed by atoms with Crippen molar-refractivity contribution in [3.8, 4) is 0 Å². The maximum atomic E-state index is 12.4. The predicted molar refractivity (Wildman–Crippen MR) is 88.9 cm³/mol. The van der Waals surface area contributed by atoms with E-state index in [1.165, 1.54) is 12.8 Å². The molecule has 22 heavy (non-hydrogen) atoms. The van der Waals surface area contributed by atoms with Gasteiger partial charge in [0.1, 0.15) is 0 Å². The van der Waals surface area contributed by atoms with Crippen LogP contribution in [0.3, 0.4) is 0 Å². The van der Waals surface area contributed by atoms with E-state index in [1.807, 2.05) is 24.3 Å². The van der Waals surface area contributed by atoms with Crippen LogP contribution in [0.5, 0.6) is 0 Å². The molecule has 1 atom stereocenters. The van der Waals surface area contributed by atoms with Gasteiger partial charge in [0.05, 0.1) is 6.61 Å². The number of piperidine rings is 1. The van der Waals surface area contributed by atoms with Crippen molar-refractivity contribution in [3.63, 3.8) is 0 Å². The number of amides is 1. The zero-order valence-corrected chi connectivity index (χ0v) is 14.0. The van der Waals surface area contributed by atoms with Crippen molar-refractivity contribution in [2.75, 3.05) is 26.7 Å². The van der Waals surface area contributed by atoms with Crippen LogP contribution in [0.1, 0.15) is 42.6 Å². The molecule has 2 rings (SSSR count). The molecule has 1 N–H and O–H groups in total. The maximum absolute atomic E-state index is 12.4. The number of methoxy groups -OCH3 is 1.